The number of fused-ring (bicyclic) bond motifs is 1. The van der Waals surface area contributed by atoms with Crippen LogP contribution in [0.5, 0.6) is 11.6 Å². The lowest BCUT2D eigenvalue weighted by Crippen LogP contribution is -2.09. The van der Waals surface area contributed by atoms with Crippen LogP contribution in [-0.4, -0.2) is 9.97 Å². The third-order valence-electron chi connectivity index (χ3n) is 4.78. The lowest BCUT2D eigenvalue weighted by molar-refractivity contribution is -0.137. The third-order valence-corrected chi connectivity index (χ3v) is 5.59. The predicted molar refractivity (Wildman–Crippen MR) is 118 cm³/mol. The van der Waals surface area contributed by atoms with Crippen LogP contribution in [0.4, 0.5) is 24.8 Å². The molecule has 0 spiro atoms. The van der Waals surface area contributed by atoms with E-state index in [1.54, 1.807) is 29.6 Å². The molecule has 4 rings (SSSR count). The van der Waals surface area contributed by atoms with Gasteiger partial charge in [0.15, 0.2) is 0 Å². The number of anilines is 2. The summed E-state index contributed by atoms with van der Waals surface area (Å²) in [6, 6.07) is 12.1. The highest BCUT2D eigenvalue weighted by Crippen LogP contribution is 2.37. The summed E-state index contributed by atoms with van der Waals surface area (Å²) in [5.41, 5.74) is 0.541. The van der Waals surface area contributed by atoms with Gasteiger partial charge in [-0.25, -0.2) is 4.98 Å². The van der Waals surface area contributed by atoms with Crippen LogP contribution < -0.4 is 10.1 Å². The molecule has 0 bridgehead atoms. The molecule has 0 fully saturated rings. The average molecular weight is 465 g/mol. The maximum absolute atomic E-state index is 13.3. The summed E-state index contributed by atoms with van der Waals surface area (Å²) in [5, 5.41) is 23.4. The number of aromatic nitrogens is 2. The van der Waals surface area contributed by atoms with E-state index in [1.807, 2.05) is 13.8 Å². The summed E-state index contributed by atoms with van der Waals surface area (Å²) in [7, 11) is 0. The molecule has 1 N–H and O–H groups in total. The van der Waals surface area contributed by atoms with Crippen molar-refractivity contribution in [2.24, 2.45) is 0 Å². The van der Waals surface area contributed by atoms with Gasteiger partial charge in [0.2, 0.25) is 11.8 Å². The van der Waals surface area contributed by atoms with Crippen molar-refractivity contribution < 1.29 is 17.9 Å². The largest absolute Gasteiger partial charge is 0.438 e. The topological polar surface area (TPSA) is 94.6 Å². The number of ether oxygens (including phenoxy) is 1. The van der Waals surface area contributed by atoms with Crippen molar-refractivity contribution in [3.8, 4) is 23.8 Å². The van der Waals surface area contributed by atoms with Crippen LogP contribution in [0.2, 0.25) is 0 Å². The summed E-state index contributed by atoms with van der Waals surface area (Å²) in [4.78, 5) is 9.32. The summed E-state index contributed by atoms with van der Waals surface area (Å²) < 4.78 is 46.0. The van der Waals surface area contributed by atoms with Crippen molar-refractivity contribution in [1.82, 2.24) is 9.97 Å². The van der Waals surface area contributed by atoms with Gasteiger partial charge in [-0.15, -0.1) is 11.3 Å². The lowest BCUT2D eigenvalue weighted by Gasteiger charge is -2.14. The van der Waals surface area contributed by atoms with Gasteiger partial charge in [0.25, 0.3) is 0 Å². The molecule has 0 unspecified atom stereocenters. The Bertz CT molecular complexity index is 1440. The molecule has 0 aliphatic carbocycles. The number of halogens is 3. The number of aryl methyl sites for hydroxylation is 2. The second kappa shape index (κ2) is 8.41. The molecular weight excluding hydrogens is 451 g/mol. The second-order valence-corrected chi connectivity index (χ2v) is 8.03. The van der Waals surface area contributed by atoms with Crippen LogP contribution >= 0.6 is 11.3 Å². The fourth-order valence-electron chi connectivity index (χ4n) is 3.32. The summed E-state index contributed by atoms with van der Waals surface area (Å²) >= 11 is 1.33. The van der Waals surface area contributed by atoms with Crippen molar-refractivity contribution in [2.75, 3.05) is 5.32 Å². The molecule has 0 saturated heterocycles. The van der Waals surface area contributed by atoms with E-state index in [9.17, 15) is 13.2 Å². The van der Waals surface area contributed by atoms with E-state index in [-0.39, 0.29) is 17.5 Å². The zero-order chi connectivity index (χ0) is 23.8. The molecule has 164 valence electrons. The minimum Gasteiger partial charge on any atom is -0.438 e. The number of rotatable bonds is 4. The number of nitrogens with one attached hydrogen (secondary N) is 1. The molecule has 2 aromatic carbocycles. The Kier molecular flexibility index (Phi) is 5.62. The predicted octanol–water partition coefficient (Wildman–Crippen LogP) is 6.61. The number of benzene rings is 2. The molecule has 6 nitrogen and oxygen atoms in total. The van der Waals surface area contributed by atoms with Gasteiger partial charge in [-0.2, -0.15) is 28.7 Å². The number of nitrogens with zero attached hydrogens (tertiary/aromatic N) is 4. The van der Waals surface area contributed by atoms with E-state index in [4.69, 9.17) is 15.3 Å². The van der Waals surface area contributed by atoms with Gasteiger partial charge >= 0.3 is 6.18 Å². The molecule has 33 heavy (non-hydrogen) atoms. The minimum atomic E-state index is -4.68. The molecule has 4 aromatic rings. The summed E-state index contributed by atoms with van der Waals surface area (Å²) in [6.07, 6.45) is -4.68. The Morgan fingerprint density at radius 2 is 1.73 bits per heavy atom. The standard InChI is InChI=1S/C23H14F3N5OS/c1-12-7-14(10-27)8-13(2)19(12)32-20-17-5-6-33-21(17)31-22(30-20)29-16-4-3-15(11-28)18(9-16)23(24,25)26/h3-9H,1-2H3,(H,29,30,31). The molecule has 2 aromatic heterocycles. The summed E-state index contributed by atoms with van der Waals surface area (Å²) in [5.74, 6) is 0.801. The molecule has 0 atom stereocenters. The Balaban J connectivity index is 1.74. The van der Waals surface area contributed by atoms with Crippen molar-refractivity contribution in [3.63, 3.8) is 0 Å². The van der Waals surface area contributed by atoms with Crippen LogP contribution in [0.15, 0.2) is 41.8 Å². The number of hydrogen-bond donors (Lipinski definition) is 1. The smallest absolute Gasteiger partial charge is 0.417 e. The second-order valence-electron chi connectivity index (χ2n) is 7.14. The zero-order valence-corrected chi connectivity index (χ0v) is 18.1. The zero-order valence-electron chi connectivity index (χ0n) is 17.3. The Morgan fingerprint density at radius 1 is 1.00 bits per heavy atom. The van der Waals surface area contributed by atoms with Crippen LogP contribution in [0, 0.1) is 36.5 Å². The average Bonchev–Trinajstić information content (AvgIpc) is 3.24. The number of thiophene rings is 1. The highest BCUT2D eigenvalue weighted by atomic mass is 32.1. The van der Waals surface area contributed by atoms with E-state index >= 15 is 0 Å². The van der Waals surface area contributed by atoms with E-state index < -0.39 is 17.3 Å². The number of alkyl halides is 3. The molecule has 0 amide bonds. The normalized spacial score (nSPS) is 11.1. The minimum absolute atomic E-state index is 0.0433. The van der Waals surface area contributed by atoms with Crippen LogP contribution in [-0.2, 0) is 6.18 Å². The van der Waals surface area contributed by atoms with Gasteiger partial charge in [0.05, 0.1) is 34.2 Å². The van der Waals surface area contributed by atoms with E-state index in [0.717, 1.165) is 23.3 Å². The fourth-order valence-corrected chi connectivity index (χ4v) is 4.07. The number of nitriles is 2. The Hall–Kier alpha value is -4.15. The van der Waals surface area contributed by atoms with E-state index in [2.05, 4.69) is 21.4 Å². The molecule has 10 heteroatoms. The molecule has 0 aliphatic rings. The van der Waals surface area contributed by atoms with Crippen LogP contribution in [0.1, 0.15) is 27.8 Å². The fraction of sp³-hybridized carbons (Fsp3) is 0.130. The van der Waals surface area contributed by atoms with Crippen molar-refractivity contribution in [3.05, 3.63) is 69.6 Å². The maximum Gasteiger partial charge on any atom is 0.417 e. The first-order chi connectivity index (χ1) is 15.7. The maximum atomic E-state index is 13.3. The SMILES string of the molecule is Cc1cc(C#N)cc(C)c1Oc1nc(Nc2ccc(C#N)c(C(F)(F)F)c2)nc2sccc12. The highest BCUT2D eigenvalue weighted by Gasteiger charge is 2.34. The van der Waals surface area contributed by atoms with Crippen molar-refractivity contribution >= 4 is 33.2 Å². The van der Waals surface area contributed by atoms with Crippen LogP contribution in [0.25, 0.3) is 10.2 Å². The van der Waals surface area contributed by atoms with Gasteiger partial charge < -0.3 is 10.1 Å². The Morgan fingerprint density at radius 3 is 2.36 bits per heavy atom. The first-order valence-corrected chi connectivity index (χ1v) is 10.4. The van der Waals surface area contributed by atoms with Gasteiger partial charge in [0.1, 0.15) is 10.6 Å². The number of hydrogen-bond acceptors (Lipinski definition) is 7. The van der Waals surface area contributed by atoms with Gasteiger partial charge in [-0.3, -0.25) is 0 Å². The quantitative estimate of drug-likeness (QED) is 0.365. The van der Waals surface area contributed by atoms with Gasteiger partial charge in [0, 0.05) is 5.69 Å². The molecule has 0 saturated carbocycles. The molecule has 0 aliphatic heterocycles. The highest BCUT2D eigenvalue weighted by molar-refractivity contribution is 7.16. The lowest BCUT2D eigenvalue weighted by atomic mass is 10.1. The third kappa shape index (κ3) is 4.43. The molecular formula is C23H14F3N5OS. The summed E-state index contributed by atoms with van der Waals surface area (Å²) in [6.45, 7) is 3.62. The van der Waals surface area contributed by atoms with Crippen molar-refractivity contribution in [1.29, 1.82) is 10.5 Å². The van der Waals surface area contributed by atoms with E-state index in [1.165, 1.54) is 17.4 Å². The molecule has 2 heterocycles. The first-order valence-electron chi connectivity index (χ1n) is 9.52. The van der Waals surface area contributed by atoms with E-state index in [0.29, 0.717) is 21.5 Å². The van der Waals surface area contributed by atoms with Gasteiger partial charge in [-0.05, 0) is 66.8 Å². The Labute approximate surface area is 190 Å². The monoisotopic (exact) mass is 465 g/mol. The van der Waals surface area contributed by atoms with Gasteiger partial charge in [-0.1, -0.05) is 0 Å². The molecule has 0 radical (unpaired) electrons. The first kappa shape index (κ1) is 22.1. The van der Waals surface area contributed by atoms with Crippen molar-refractivity contribution in [2.45, 2.75) is 20.0 Å². The van der Waals surface area contributed by atoms with Crippen LogP contribution in [0.3, 0.4) is 0 Å².